The van der Waals surface area contributed by atoms with Crippen molar-refractivity contribution in [2.24, 2.45) is 5.16 Å². The third kappa shape index (κ3) is 3.32. The number of para-hydroxylation sites is 1. The zero-order chi connectivity index (χ0) is 18.8. The first-order valence-electron chi connectivity index (χ1n) is 8.74. The van der Waals surface area contributed by atoms with E-state index in [1.165, 1.54) is 5.56 Å². The lowest BCUT2D eigenvalue weighted by Gasteiger charge is -2.15. The van der Waals surface area contributed by atoms with Crippen LogP contribution in [-0.2, 0) is 4.84 Å². The number of nitrogens with zero attached hydrogens (tertiary/aromatic N) is 2. The van der Waals surface area contributed by atoms with Crippen LogP contribution in [-0.4, -0.2) is 17.8 Å². The van der Waals surface area contributed by atoms with Crippen molar-refractivity contribution in [3.8, 4) is 11.1 Å². The quantitative estimate of drug-likeness (QED) is 0.404. The molecule has 0 aliphatic rings. The number of fused-ring (bicyclic) bond motifs is 1. The maximum Gasteiger partial charge on any atom is 0.106 e. The van der Waals surface area contributed by atoms with Gasteiger partial charge in [-0.2, -0.15) is 0 Å². The van der Waals surface area contributed by atoms with Crippen molar-refractivity contribution in [3.63, 3.8) is 0 Å². The molecule has 0 aliphatic heterocycles. The van der Waals surface area contributed by atoms with Gasteiger partial charge in [-0.1, -0.05) is 41.9 Å². The summed E-state index contributed by atoms with van der Waals surface area (Å²) in [5.41, 5.74) is 8.53. The zero-order valence-electron chi connectivity index (χ0n) is 15.9. The highest BCUT2D eigenvalue weighted by Crippen LogP contribution is 2.35. The number of aromatic nitrogens is 1. The summed E-state index contributed by atoms with van der Waals surface area (Å²) in [4.78, 5) is 9.92. The average Bonchev–Trinajstić information content (AvgIpc) is 2.58. The van der Waals surface area contributed by atoms with Gasteiger partial charge in [0.05, 0.1) is 11.2 Å². The molecule has 0 bridgehead atoms. The summed E-state index contributed by atoms with van der Waals surface area (Å²) in [7, 11) is 1.58. The van der Waals surface area contributed by atoms with Gasteiger partial charge >= 0.3 is 0 Å². The molecule has 0 aliphatic carbocycles. The summed E-state index contributed by atoms with van der Waals surface area (Å²) in [6.07, 6.45) is 0.787. The molecule has 0 saturated heterocycles. The van der Waals surface area contributed by atoms with E-state index in [0.717, 1.165) is 56.0 Å². The molecule has 0 unspecified atom stereocenters. The number of rotatable bonds is 4. The van der Waals surface area contributed by atoms with Crippen LogP contribution in [0.15, 0.2) is 41.6 Å². The van der Waals surface area contributed by atoms with Gasteiger partial charge in [0.2, 0.25) is 0 Å². The molecule has 0 fully saturated rings. The predicted molar refractivity (Wildman–Crippen MR) is 110 cm³/mol. The number of hydrogen-bond acceptors (Lipinski definition) is 3. The van der Waals surface area contributed by atoms with Crippen molar-refractivity contribution in [1.82, 2.24) is 4.98 Å². The number of pyridine rings is 1. The van der Waals surface area contributed by atoms with Crippen LogP contribution in [0.3, 0.4) is 0 Å². The first-order valence-corrected chi connectivity index (χ1v) is 9.12. The molecule has 1 heterocycles. The summed E-state index contributed by atoms with van der Waals surface area (Å²) >= 11 is 6.23. The van der Waals surface area contributed by atoms with Crippen LogP contribution in [0.2, 0.25) is 5.02 Å². The molecular weight excluding hydrogens is 344 g/mol. The summed E-state index contributed by atoms with van der Waals surface area (Å²) in [5, 5.41) is 6.07. The third-order valence-electron chi connectivity index (χ3n) is 4.58. The largest absolute Gasteiger partial charge is 0.399 e. The first-order chi connectivity index (χ1) is 12.5. The summed E-state index contributed by atoms with van der Waals surface area (Å²) < 4.78 is 0. The molecule has 0 radical (unpaired) electrons. The Bertz CT molecular complexity index is 985. The van der Waals surface area contributed by atoms with E-state index in [9.17, 15) is 0 Å². The lowest BCUT2D eigenvalue weighted by molar-refractivity contribution is 0.213. The van der Waals surface area contributed by atoms with E-state index in [1.54, 1.807) is 7.11 Å². The van der Waals surface area contributed by atoms with E-state index >= 15 is 0 Å². The van der Waals surface area contributed by atoms with E-state index in [1.807, 2.05) is 19.1 Å². The van der Waals surface area contributed by atoms with Gasteiger partial charge in [-0.15, -0.1) is 0 Å². The summed E-state index contributed by atoms with van der Waals surface area (Å²) in [6, 6.07) is 12.4. The van der Waals surface area contributed by atoms with Gasteiger partial charge in [0.25, 0.3) is 0 Å². The second-order valence-corrected chi connectivity index (χ2v) is 6.94. The molecule has 0 N–H and O–H groups in total. The lowest BCUT2D eigenvalue weighted by atomic mass is 9.92. The van der Waals surface area contributed by atoms with Crippen LogP contribution < -0.4 is 0 Å². The van der Waals surface area contributed by atoms with Crippen molar-refractivity contribution in [2.75, 3.05) is 7.11 Å². The Morgan fingerprint density at radius 2 is 1.81 bits per heavy atom. The van der Waals surface area contributed by atoms with Gasteiger partial charge < -0.3 is 4.84 Å². The van der Waals surface area contributed by atoms with Crippen molar-refractivity contribution in [3.05, 3.63) is 63.8 Å². The molecule has 0 amide bonds. The minimum atomic E-state index is 0.759. The van der Waals surface area contributed by atoms with Crippen LogP contribution in [0.5, 0.6) is 0 Å². The van der Waals surface area contributed by atoms with Gasteiger partial charge in [-0.3, -0.25) is 4.98 Å². The molecule has 2 aromatic carbocycles. The Labute approximate surface area is 159 Å². The number of oxime groups is 1. The number of hydrogen-bond donors (Lipinski definition) is 0. The Morgan fingerprint density at radius 3 is 2.42 bits per heavy atom. The van der Waals surface area contributed by atoms with Crippen LogP contribution in [0.1, 0.15) is 35.7 Å². The fourth-order valence-corrected chi connectivity index (χ4v) is 3.89. The summed E-state index contributed by atoms with van der Waals surface area (Å²) in [5.74, 6) is 0. The number of aryl methyl sites for hydroxylation is 3. The minimum absolute atomic E-state index is 0.759. The highest BCUT2D eigenvalue weighted by Gasteiger charge is 2.16. The van der Waals surface area contributed by atoms with Gasteiger partial charge in [-0.05, 0) is 62.1 Å². The van der Waals surface area contributed by atoms with Crippen molar-refractivity contribution < 1.29 is 4.84 Å². The Hall–Kier alpha value is -2.39. The van der Waals surface area contributed by atoms with Crippen molar-refractivity contribution in [1.29, 1.82) is 0 Å². The maximum absolute atomic E-state index is 6.23. The molecule has 3 rings (SSSR count). The minimum Gasteiger partial charge on any atom is -0.399 e. The second kappa shape index (κ2) is 7.46. The standard InChI is InChI=1S/C22H23ClN2O/c1-6-20(25-26-5)19-12-15(4)24-22-17(19)8-7-9-18(22)21-13(2)10-16(23)11-14(21)3/h7-12H,6H2,1-5H3/b25-20+. The van der Waals surface area contributed by atoms with E-state index in [0.29, 0.717) is 0 Å². The van der Waals surface area contributed by atoms with Crippen LogP contribution in [0.4, 0.5) is 0 Å². The van der Waals surface area contributed by atoms with Gasteiger partial charge in [-0.25, -0.2) is 0 Å². The van der Waals surface area contributed by atoms with E-state index in [4.69, 9.17) is 21.4 Å². The average molecular weight is 367 g/mol. The maximum atomic E-state index is 6.23. The van der Waals surface area contributed by atoms with Crippen LogP contribution in [0, 0.1) is 20.8 Å². The molecule has 4 heteroatoms. The topological polar surface area (TPSA) is 34.5 Å². The highest BCUT2D eigenvalue weighted by atomic mass is 35.5. The van der Waals surface area contributed by atoms with Crippen LogP contribution in [0.25, 0.3) is 22.0 Å². The number of halogens is 1. The molecule has 3 nitrogen and oxygen atoms in total. The molecule has 26 heavy (non-hydrogen) atoms. The second-order valence-electron chi connectivity index (χ2n) is 6.50. The Morgan fingerprint density at radius 1 is 1.12 bits per heavy atom. The van der Waals surface area contributed by atoms with E-state index in [-0.39, 0.29) is 0 Å². The van der Waals surface area contributed by atoms with E-state index in [2.05, 4.69) is 50.2 Å². The summed E-state index contributed by atoms with van der Waals surface area (Å²) in [6.45, 7) is 8.28. The fraction of sp³-hybridized carbons (Fsp3) is 0.273. The van der Waals surface area contributed by atoms with Gasteiger partial charge in [0.15, 0.2) is 0 Å². The first kappa shape index (κ1) is 18.4. The fourth-order valence-electron chi connectivity index (χ4n) is 3.57. The molecule has 1 aromatic heterocycles. The lowest BCUT2D eigenvalue weighted by Crippen LogP contribution is -2.04. The monoisotopic (exact) mass is 366 g/mol. The molecule has 3 aromatic rings. The highest BCUT2D eigenvalue weighted by molar-refractivity contribution is 6.30. The molecule has 0 atom stereocenters. The third-order valence-corrected chi connectivity index (χ3v) is 4.80. The van der Waals surface area contributed by atoms with Crippen molar-refractivity contribution in [2.45, 2.75) is 34.1 Å². The normalized spacial score (nSPS) is 11.8. The van der Waals surface area contributed by atoms with Gasteiger partial charge in [0.1, 0.15) is 7.11 Å². The van der Waals surface area contributed by atoms with Crippen LogP contribution >= 0.6 is 11.6 Å². The SMILES string of the molecule is CC/C(=N\OC)c1cc(C)nc2c(-c3c(C)cc(Cl)cc3C)cccc12. The molecular formula is C22H23ClN2O. The smallest absolute Gasteiger partial charge is 0.106 e. The zero-order valence-corrected chi connectivity index (χ0v) is 16.6. The van der Waals surface area contributed by atoms with E-state index < -0.39 is 0 Å². The molecule has 134 valence electrons. The molecule has 0 saturated carbocycles. The number of benzene rings is 2. The predicted octanol–water partition coefficient (Wildman–Crippen LogP) is 6.24. The Kier molecular flexibility index (Phi) is 5.28. The molecule has 0 spiro atoms. The van der Waals surface area contributed by atoms with Crippen molar-refractivity contribution >= 4 is 28.2 Å². The van der Waals surface area contributed by atoms with Gasteiger partial charge in [0, 0.05) is 27.2 Å². The Balaban J connectivity index is 2.38.